The summed E-state index contributed by atoms with van der Waals surface area (Å²) in [6, 6.07) is 0. The van der Waals surface area contributed by atoms with Gasteiger partial charge in [0.05, 0.1) is 0 Å². The number of unbranched alkanes of at least 4 members (excludes halogenated alkanes) is 2. The van der Waals surface area contributed by atoms with Gasteiger partial charge in [-0.2, -0.15) is 22.0 Å². The number of hydrogen-bond donors (Lipinski definition) is 1. The van der Waals surface area contributed by atoms with E-state index in [0.717, 1.165) is 0 Å². The molecule has 1 unspecified atom stereocenters. The summed E-state index contributed by atoms with van der Waals surface area (Å²) in [6.07, 6.45) is -4.91. The molecular weight excluding hydrogens is 219 g/mol. The van der Waals surface area contributed by atoms with Gasteiger partial charge in [-0.3, -0.25) is 0 Å². The van der Waals surface area contributed by atoms with E-state index in [1.54, 1.807) is 6.92 Å². The Hall–Kier alpha value is -0.390. The highest BCUT2D eigenvalue weighted by atomic mass is 19.4. The molecule has 0 aliphatic carbocycles. The molecule has 0 aromatic rings. The Morgan fingerprint density at radius 2 is 1.47 bits per heavy atom. The fourth-order valence-electron chi connectivity index (χ4n) is 1.18. The standard InChI is InChI=1S/C9H15F5O/c1-3-4-5-6-7(2,15)8(10,11)9(12,13)14/h15H,3-6H2,1-2H3. The lowest BCUT2D eigenvalue weighted by Crippen LogP contribution is -2.55. The van der Waals surface area contributed by atoms with E-state index in [0.29, 0.717) is 19.8 Å². The summed E-state index contributed by atoms with van der Waals surface area (Å²) in [5.74, 6) is -5.06. The second-order valence-corrected chi connectivity index (χ2v) is 3.80. The van der Waals surface area contributed by atoms with Crippen molar-refractivity contribution in [3.05, 3.63) is 0 Å². The molecule has 0 saturated heterocycles. The number of alkyl halides is 5. The molecular formula is C9H15F5O. The predicted molar refractivity (Wildman–Crippen MR) is 45.8 cm³/mol. The van der Waals surface area contributed by atoms with E-state index in [1.807, 2.05) is 0 Å². The van der Waals surface area contributed by atoms with Crippen LogP contribution in [0, 0.1) is 0 Å². The van der Waals surface area contributed by atoms with E-state index in [1.165, 1.54) is 0 Å². The topological polar surface area (TPSA) is 20.2 Å². The van der Waals surface area contributed by atoms with Gasteiger partial charge in [-0.25, -0.2) is 0 Å². The number of aliphatic hydroxyl groups is 1. The van der Waals surface area contributed by atoms with Gasteiger partial charge in [-0.15, -0.1) is 0 Å². The van der Waals surface area contributed by atoms with Crippen LogP contribution in [0.1, 0.15) is 39.5 Å². The molecule has 0 aliphatic rings. The lowest BCUT2D eigenvalue weighted by molar-refractivity contribution is -0.339. The molecule has 0 bridgehead atoms. The van der Waals surface area contributed by atoms with Crippen molar-refractivity contribution in [2.24, 2.45) is 0 Å². The SMILES string of the molecule is CCCCCC(C)(O)C(F)(F)C(F)(F)F. The van der Waals surface area contributed by atoms with Gasteiger partial charge in [0.25, 0.3) is 0 Å². The van der Waals surface area contributed by atoms with Crippen molar-refractivity contribution >= 4 is 0 Å². The monoisotopic (exact) mass is 234 g/mol. The van der Waals surface area contributed by atoms with E-state index in [2.05, 4.69) is 0 Å². The number of hydrogen-bond acceptors (Lipinski definition) is 1. The molecule has 1 atom stereocenters. The maximum Gasteiger partial charge on any atom is 0.456 e. The van der Waals surface area contributed by atoms with Crippen LogP contribution < -0.4 is 0 Å². The van der Waals surface area contributed by atoms with Crippen LogP contribution in [-0.4, -0.2) is 22.8 Å². The molecule has 0 radical (unpaired) electrons. The molecule has 0 amide bonds. The quantitative estimate of drug-likeness (QED) is 0.570. The van der Waals surface area contributed by atoms with Crippen LogP contribution in [0.2, 0.25) is 0 Å². The molecule has 1 N–H and O–H groups in total. The van der Waals surface area contributed by atoms with Crippen molar-refractivity contribution in [1.82, 2.24) is 0 Å². The summed E-state index contributed by atoms with van der Waals surface area (Å²) < 4.78 is 61.3. The Bertz CT molecular complexity index is 197. The Morgan fingerprint density at radius 1 is 1.00 bits per heavy atom. The fourth-order valence-corrected chi connectivity index (χ4v) is 1.18. The molecule has 15 heavy (non-hydrogen) atoms. The molecule has 0 saturated carbocycles. The molecule has 92 valence electrons. The molecule has 0 aromatic heterocycles. The molecule has 0 aliphatic heterocycles. The van der Waals surface area contributed by atoms with Crippen molar-refractivity contribution < 1.29 is 27.1 Å². The van der Waals surface area contributed by atoms with Crippen LogP contribution in [0.25, 0.3) is 0 Å². The normalized spacial score (nSPS) is 17.6. The van der Waals surface area contributed by atoms with Gasteiger partial charge in [0, 0.05) is 0 Å². The van der Waals surface area contributed by atoms with Crippen molar-refractivity contribution in [2.45, 2.75) is 57.2 Å². The third kappa shape index (κ3) is 3.29. The molecule has 1 nitrogen and oxygen atoms in total. The molecule has 0 rings (SSSR count). The summed E-state index contributed by atoms with van der Waals surface area (Å²) in [4.78, 5) is 0. The third-order valence-electron chi connectivity index (χ3n) is 2.30. The van der Waals surface area contributed by atoms with Crippen LogP contribution in [0.5, 0.6) is 0 Å². The predicted octanol–water partition coefficient (Wildman–Crippen LogP) is 3.52. The first-order valence-electron chi connectivity index (χ1n) is 4.73. The van der Waals surface area contributed by atoms with Crippen LogP contribution in [-0.2, 0) is 0 Å². The van der Waals surface area contributed by atoms with E-state index in [-0.39, 0.29) is 6.42 Å². The minimum Gasteiger partial charge on any atom is -0.384 e. The van der Waals surface area contributed by atoms with E-state index in [4.69, 9.17) is 5.11 Å². The molecule has 0 spiro atoms. The van der Waals surface area contributed by atoms with Gasteiger partial charge in [-0.1, -0.05) is 26.2 Å². The summed E-state index contributed by atoms with van der Waals surface area (Å²) in [5.41, 5.74) is -3.03. The third-order valence-corrected chi connectivity index (χ3v) is 2.30. The second kappa shape index (κ2) is 4.63. The first-order chi connectivity index (χ1) is 6.56. The average Bonchev–Trinajstić information content (AvgIpc) is 2.02. The number of rotatable bonds is 5. The van der Waals surface area contributed by atoms with Gasteiger partial charge in [-0.05, 0) is 13.3 Å². The highest BCUT2D eigenvalue weighted by Gasteiger charge is 2.67. The summed E-state index contributed by atoms with van der Waals surface area (Å²) in [5, 5.41) is 9.13. The minimum absolute atomic E-state index is 0.148. The number of halogens is 5. The van der Waals surface area contributed by atoms with Crippen molar-refractivity contribution in [3.63, 3.8) is 0 Å². The zero-order valence-electron chi connectivity index (χ0n) is 8.67. The molecule has 6 heteroatoms. The Kier molecular flexibility index (Phi) is 4.51. The maximum atomic E-state index is 12.8. The first kappa shape index (κ1) is 14.6. The van der Waals surface area contributed by atoms with Gasteiger partial charge in [0.15, 0.2) is 0 Å². The van der Waals surface area contributed by atoms with E-state index >= 15 is 0 Å². The van der Waals surface area contributed by atoms with E-state index in [9.17, 15) is 22.0 Å². The van der Waals surface area contributed by atoms with Gasteiger partial charge >= 0.3 is 12.1 Å². The van der Waals surface area contributed by atoms with Crippen molar-refractivity contribution in [2.75, 3.05) is 0 Å². The lowest BCUT2D eigenvalue weighted by atomic mass is 9.91. The second-order valence-electron chi connectivity index (χ2n) is 3.80. The Balaban J connectivity index is 4.56. The van der Waals surface area contributed by atoms with Crippen LogP contribution in [0.15, 0.2) is 0 Å². The summed E-state index contributed by atoms with van der Waals surface area (Å²) >= 11 is 0. The van der Waals surface area contributed by atoms with Crippen molar-refractivity contribution in [1.29, 1.82) is 0 Å². The molecule has 0 fully saturated rings. The van der Waals surface area contributed by atoms with Gasteiger partial charge < -0.3 is 5.11 Å². The fraction of sp³-hybridized carbons (Fsp3) is 1.00. The average molecular weight is 234 g/mol. The lowest BCUT2D eigenvalue weighted by Gasteiger charge is -2.33. The maximum absolute atomic E-state index is 12.8. The first-order valence-corrected chi connectivity index (χ1v) is 4.73. The van der Waals surface area contributed by atoms with Crippen LogP contribution >= 0.6 is 0 Å². The minimum atomic E-state index is -5.71. The highest BCUT2D eigenvalue weighted by molar-refractivity contribution is 4.94. The van der Waals surface area contributed by atoms with Gasteiger partial charge in [0.1, 0.15) is 5.60 Å². The van der Waals surface area contributed by atoms with E-state index < -0.39 is 24.1 Å². The summed E-state index contributed by atoms with van der Waals surface area (Å²) in [7, 11) is 0. The zero-order chi connectivity index (χ0) is 12.3. The Labute approximate surface area is 85.3 Å². The largest absolute Gasteiger partial charge is 0.456 e. The van der Waals surface area contributed by atoms with Crippen LogP contribution in [0.4, 0.5) is 22.0 Å². The smallest absolute Gasteiger partial charge is 0.384 e. The highest BCUT2D eigenvalue weighted by Crippen LogP contribution is 2.45. The molecule has 0 aromatic carbocycles. The van der Waals surface area contributed by atoms with Crippen molar-refractivity contribution in [3.8, 4) is 0 Å². The zero-order valence-corrected chi connectivity index (χ0v) is 8.67. The summed E-state index contributed by atoms with van der Waals surface area (Å²) in [6.45, 7) is 2.31. The molecule has 0 heterocycles. The van der Waals surface area contributed by atoms with Crippen LogP contribution in [0.3, 0.4) is 0 Å². The Morgan fingerprint density at radius 3 is 1.80 bits per heavy atom. The van der Waals surface area contributed by atoms with Gasteiger partial charge in [0.2, 0.25) is 0 Å².